The second kappa shape index (κ2) is 5.59. The van der Waals surface area contributed by atoms with Gasteiger partial charge < -0.3 is 15.0 Å². The number of hydrogen-bond acceptors (Lipinski definition) is 3. The number of aliphatic hydroxyl groups is 2. The molecule has 0 spiro atoms. The molecule has 0 amide bonds. The van der Waals surface area contributed by atoms with E-state index in [-0.39, 0.29) is 11.3 Å². The molecule has 0 heterocycles. The van der Waals surface area contributed by atoms with Gasteiger partial charge in [0, 0.05) is 0 Å². The van der Waals surface area contributed by atoms with Crippen molar-refractivity contribution in [1.82, 2.24) is 0 Å². The molecule has 0 aliphatic heterocycles. The Bertz CT molecular complexity index is 424. The van der Waals surface area contributed by atoms with Crippen molar-refractivity contribution in [3.05, 3.63) is 0 Å². The molecule has 3 heteroatoms. The van der Waals surface area contributed by atoms with Crippen LogP contribution in [-0.4, -0.2) is 27.7 Å². The van der Waals surface area contributed by atoms with E-state index in [0.29, 0.717) is 30.5 Å². The van der Waals surface area contributed by atoms with Gasteiger partial charge in [-0.3, -0.25) is 0 Å². The summed E-state index contributed by atoms with van der Waals surface area (Å²) in [5.74, 6) is 0.755. The lowest BCUT2D eigenvalue weighted by molar-refractivity contribution is -0.173. The van der Waals surface area contributed by atoms with Crippen molar-refractivity contribution in [2.45, 2.75) is 90.8 Å². The molecule has 0 saturated heterocycles. The molecule has 0 bridgehead atoms. The van der Waals surface area contributed by atoms with Gasteiger partial charge in [0.15, 0.2) is 6.29 Å². The Labute approximate surface area is 135 Å². The van der Waals surface area contributed by atoms with Crippen molar-refractivity contribution < 1.29 is 15.0 Å². The van der Waals surface area contributed by atoms with Gasteiger partial charge in [-0.1, -0.05) is 27.2 Å². The van der Waals surface area contributed by atoms with Crippen LogP contribution in [0.1, 0.15) is 79.6 Å². The van der Waals surface area contributed by atoms with Gasteiger partial charge in [-0.25, -0.2) is 0 Å². The highest BCUT2D eigenvalue weighted by Crippen LogP contribution is 2.63. The van der Waals surface area contributed by atoms with Crippen molar-refractivity contribution in [3.8, 4) is 0 Å². The maximum atomic E-state index is 11.0. The molecular formula is C19H34O3. The van der Waals surface area contributed by atoms with Crippen molar-refractivity contribution >= 4 is 6.29 Å². The van der Waals surface area contributed by atoms with Gasteiger partial charge >= 0.3 is 0 Å². The number of aldehydes is 1. The van der Waals surface area contributed by atoms with Crippen molar-refractivity contribution in [1.29, 1.82) is 0 Å². The van der Waals surface area contributed by atoms with Crippen LogP contribution in [0.25, 0.3) is 0 Å². The lowest BCUT2D eigenvalue weighted by atomic mass is 9.45. The van der Waals surface area contributed by atoms with E-state index in [2.05, 4.69) is 20.8 Å². The molecule has 2 fully saturated rings. The van der Waals surface area contributed by atoms with Gasteiger partial charge in [0.05, 0.1) is 5.60 Å². The van der Waals surface area contributed by atoms with E-state index in [1.807, 2.05) is 6.92 Å². The molecule has 2 saturated carbocycles. The Morgan fingerprint density at radius 2 is 1.82 bits per heavy atom. The molecule has 128 valence electrons. The molecule has 2 rings (SSSR count). The van der Waals surface area contributed by atoms with Crippen molar-refractivity contribution in [2.24, 2.45) is 22.7 Å². The summed E-state index contributed by atoms with van der Waals surface area (Å²) < 4.78 is 0. The normalized spacial score (nSPS) is 44.0. The zero-order chi connectivity index (χ0) is 16.8. The van der Waals surface area contributed by atoms with Crippen LogP contribution in [-0.2, 0) is 4.79 Å². The molecule has 0 radical (unpaired) electrons. The van der Waals surface area contributed by atoms with E-state index in [0.717, 1.165) is 19.3 Å². The standard InChI is InChI=1S/C19H34O3/c1-16(2)9-6-10-18(4)14(16)8-12-19(5,22)15(18)7-11-17(3,21)13-20/h13-15,21-22H,6-12H2,1-5H3/t14?,15-,17?,18+,19-/m1/s1. The predicted octanol–water partition coefficient (Wildman–Crippen LogP) is 3.71. The van der Waals surface area contributed by atoms with Gasteiger partial charge in [0.25, 0.3) is 0 Å². The minimum Gasteiger partial charge on any atom is -0.390 e. The number of rotatable bonds is 4. The monoisotopic (exact) mass is 310 g/mol. The fourth-order valence-corrected chi connectivity index (χ4v) is 5.76. The Morgan fingerprint density at radius 1 is 1.18 bits per heavy atom. The first kappa shape index (κ1) is 17.9. The number of fused-ring (bicyclic) bond motifs is 1. The summed E-state index contributed by atoms with van der Waals surface area (Å²) in [5.41, 5.74) is -1.56. The largest absolute Gasteiger partial charge is 0.390 e. The SMILES string of the molecule is CC(O)(C=O)CC[C@@H]1[C@@]2(C)CCCC(C)(C)C2CC[C@@]1(C)O. The molecule has 3 nitrogen and oxygen atoms in total. The van der Waals surface area contributed by atoms with Crippen molar-refractivity contribution in [2.75, 3.05) is 0 Å². The molecule has 2 unspecified atom stereocenters. The molecule has 0 aromatic heterocycles. The summed E-state index contributed by atoms with van der Waals surface area (Å²) in [4.78, 5) is 11.0. The highest BCUT2D eigenvalue weighted by Gasteiger charge is 2.57. The fourth-order valence-electron chi connectivity index (χ4n) is 5.76. The minimum atomic E-state index is -1.27. The van der Waals surface area contributed by atoms with Crippen LogP contribution >= 0.6 is 0 Å². The Morgan fingerprint density at radius 3 is 2.41 bits per heavy atom. The first-order chi connectivity index (χ1) is 9.95. The Kier molecular flexibility index (Phi) is 4.56. The molecule has 2 N–H and O–H groups in total. The highest BCUT2D eigenvalue weighted by atomic mass is 16.3. The number of carbonyl (C=O) groups excluding carboxylic acids is 1. The lowest BCUT2D eigenvalue weighted by Gasteiger charge is -2.61. The second-order valence-corrected chi connectivity index (χ2v) is 9.36. The molecule has 2 aliphatic rings. The molecule has 0 aromatic rings. The lowest BCUT2D eigenvalue weighted by Crippen LogP contribution is -2.57. The Hall–Kier alpha value is -0.410. The molecule has 22 heavy (non-hydrogen) atoms. The van der Waals surface area contributed by atoms with E-state index >= 15 is 0 Å². The summed E-state index contributed by atoms with van der Waals surface area (Å²) in [6, 6.07) is 0. The molecular weight excluding hydrogens is 276 g/mol. The molecule has 5 atom stereocenters. The van der Waals surface area contributed by atoms with E-state index in [1.54, 1.807) is 6.92 Å². The average Bonchev–Trinajstić information content (AvgIpc) is 2.35. The van der Waals surface area contributed by atoms with Crippen molar-refractivity contribution in [3.63, 3.8) is 0 Å². The maximum Gasteiger partial charge on any atom is 0.151 e. The summed E-state index contributed by atoms with van der Waals surface area (Å²) in [5, 5.41) is 21.1. The highest BCUT2D eigenvalue weighted by molar-refractivity contribution is 5.60. The van der Waals surface area contributed by atoms with Crippen LogP contribution in [0.2, 0.25) is 0 Å². The van der Waals surface area contributed by atoms with Crippen LogP contribution in [0.15, 0.2) is 0 Å². The summed E-state index contributed by atoms with van der Waals surface area (Å²) in [6.07, 6.45) is 7.29. The first-order valence-corrected chi connectivity index (χ1v) is 8.86. The minimum absolute atomic E-state index is 0.0997. The number of hydrogen-bond donors (Lipinski definition) is 2. The van der Waals surface area contributed by atoms with Gasteiger partial charge in [0.2, 0.25) is 0 Å². The van der Waals surface area contributed by atoms with Crippen LogP contribution in [0.3, 0.4) is 0 Å². The average molecular weight is 310 g/mol. The number of carbonyl (C=O) groups is 1. The van der Waals surface area contributed by atoms with Gasteiger partial charge in [-0.15, -0.1) is 0 Å². The summed E-state index contributed by atoms with van der Waals surface area (Å²) in [7, 11) is 0. The quantitative estimate of drug-likeness (QED) is 0.778. The van der Waals surface area contributed by atoms with Gasteiger partial charge in [-0.2, -0.15) is 0 Å². The third kappa shape index (κ3) is 3.12. The third-order valence-electron chi connectivity index (χ3n) is 6.95. The zero-order valence-corrected chi connectivity index (χ0v) is 15.0. The van der Waals surface area contributed by atoms with Gasteiger partial charge in [0.1, 0.15) is 5.60 Å². The predicted molar refractivity (Wildman–Crippen MR) is 88.5 cm³/mol. The second-order valence-electron chi connectivity index (χ2n) is 9.36. The van der Waals surface area contributed by atoms with E-state index in [9.17, 15) is 15.0 Å². The Balaban J connectivity index is 2.28. The van der Waals surface area contributed by atoms with E-state index in [4.69, 9.17) is 0 Å². The summed E-state index contributed by atoms with van der Waals surface area (Å²) in [6.45, 7) is 10.6. The topological polar surface area (TPSA) is 57.5 Å². The van der Waals surface area contributed by atoms with E-state index < -0.39 is 11.2 Å². The third-order valence-corrected chi connectivity index (χ3v) is 6.95. The first-order valence-electron chi connectivity index (χ1n) is 8.86. The smallest absolute Gasteiger partial charge is 0.151 e. The molecule has 0 aromatic carbocycles. The summed E-state index contributed by atoms with van der Waals surface area (Å²) >= 11 is 0. The molecule has 2 aliphatic carbocycles. The van der Waals surface area contributed by atoms with Gasteiger partial charge in [-0.05, 0) is 75.0 Å². The maximum absolute atomic E-state index is 11.0. The van der Waals surface area contributed by atoms with E-state index in [1.165, 1.54) is 12.8 Å². The fraction of sp³-hybridized carbons (Fsp3) is 0.947. The van der Waals surface area contributed by atoms with Crippen LogP contribution < -0.4 is 0 Å². The van der Waals surface area contributed by atoms with Crippen LogP contribution in [0.5, 0.6) is 0 Å². The van der Waals surface area contributed by atoms with Crippen LogP contribution in [0.4, 0.5) is 0 Å². The zero-order valence-electron chi connectivity index (χ0n) is 15.0. The van der Waals surface area contributed by atoms with Crippen LogP contribution in [0, 0.1) is 22.7 Å².